The number of hydrogen-bond donors (Lipinski definition) is 1. The van der Waals surface area contributed by atoms with E-state index in [0.29, 0.717) is 0 Å². The average Bonchev–Trinajstić information content (AvgIpc) is 2.85. The molecule has 2 rings (SSSR count). The summed E-state index contributed by atoms with van der Waals surface area (Å²) in [5, 5.41) is 7.38. The third-order valence-corrected chi connectivity index (χ3v) is 3.09. The molecule has 0 spiro atoms. The van der Waals surface area contributed by atoms with Crippen LogP contribution < -0.4 is 5.32 Å². The molecule has 1 amide bonds. The maximum Gasteiger partial charge on any atom is 0.243 e. The van der Waals surface area contributed by atoms with Crippen LogP contribution in [0.2, 0.25) is 0 Å². The minimum Gasteiger partial charge on any atom is -0.347 e. The third-order valence-electron chi connectivity index (χ3n) is 3.09. The molecule has 0 aliphatic heterocycles. The van der Waals surface area contributed by atoms with Gasteiger partial charge >= 0.3 is 0 Å². The second kappa shape index (κ2) is 6.55. The molecule has 2 heterocycles. The number of hydrogen-bond acceptors (Lipinski definition) is 5. The van der Waals surface area contributed by atoms with Crippen molar-refractivity contribution >= 4 is 17.4 Å². The van der Waals surface area contributed by atoms with Gasteiger partial charge in [0.25, 0.3) is 0 Å². The third kappa shape index (κ3) is 4.03. The molecule has 7 heteroatoms. The van der Waals surface area contributed by atoms with Crippen LogP contribution in [0.4, 0.5) is 11.5 Å². The largest absolute Gasteiger partial charge is 0.347 e. The first-order valence-corrected chi connectivity index (χ1v) is 7.20. The summed E-state index contributed by atoms with van der Waals surface area (Å²) in [6.45, 7) is 6.28. The highest BCUT2D eigenvalue weighted by Crippen LogP contribution is 2.17. The van der Waals surface area contributed by atoms with Crippen LogP contribution in [0.1, 0.15) is 31.3 Å². The van der Waals surface area contributed by atoms with Gasteiger partial charge in [-0.05, 0) is 6.92 Å². The van der Waals surface area contributed by atoms with E-state index in [1.807, 2.05) is 13.0 Å². The molecule has 2 aromatic heterocycles. The van der Waals surface area contributed by atoms with Gasteiger partial charge in [0.15, 0.2) is 0 Å². The van der Waals surface area contributed by atoms with E-state index in [1.54, 1.807) is 31.2 Å². The number of anilines is 2. The van der Waals surface area contributed by atoms with Crippen LogP contribution in [0.3, 0.4) is 0 Å². The van der Waals surface area contributed by atoms with Crippen molar-refractivity contribution in [1.82, 2.24) is 24.6 Å². The molecular weight excluding hydrogens is 280 g/mol. The zero-order valence-corrected chi connectivity index (χ0v) is 13.7. The van der Waals surface area contributed by atoms with Gasteiger partial charge in [0.2, 0.25) is 5.91 Å². The maximum absolute atomic E-state index is 11.7. The number of carbonyl (C=O) groups excluding carboxylic acids is 1. The summed E-state index contributed by atoms with van der Waals surface area (Å²) in [6, 6.07) is 1.88. The van der Waals surface area contributed by atoms with Crippen molar-refractivity contribution < 1.29 is 4.79 Å². The van der Waals surface area contributed by atoms with E-state index < -0.39 is 0 Å². The summed E-state index contributed by atoms with van der Waals surface area (Å²) >= 11 is 0. The van der Waals surface area contributed by atoms with E-state index in [2.05, 4.69) is 34.2 Å². The fourth-order valence-corrected chi connectivity index (χ4v) is 1.86. The van der Waals surface area contributed by atoms with Gasteiger partial charge in [-0.1, -0.05) is 13.8 Å². The van der Waals surface area contributed by atoms with Gasteiger partial charge < -0.3 is 10.2 Å². The Labute approximate surface area is 130 Å². The number of amides is 1. The molecule has 0 saturated heterocycles. The van der Waals surface area contributed by atoms with Crippen molar-refractivity contribution in [2.45, 2.75) is 33.2 Å². The van der Waals surface area contributed by atoms with Gasteiger partial charge in [-0.25, -0.2) is 9.97 Å². The van der Waals surface area contributed by atoms with E-state index in [4.69, 9.17) is 0 Å². The lowest BCUT2D eigenvalue weighted by atomic mass is 10.2. The van der Waals surface area contributed by atoms with Crippen molar-refractivity contribution in [3.05, 3.63) is 30.0 Å². The van der Waals surface area contributed by atoms with Crippen LogP contribution in [0, 0.1) is 6.92 Å². The van der Waals surface area contributed by atoms with E-state index in [0.717, 1.165) is 23.0 Å². The van der Waals surface area contributed by atoms with E-state index in [1.165, 1.54) is 4.90 Å². The Morgan fingerprint density at radius 1 is 1.36 bits per heavy atom. The lowest BCUT2D eigenvalue weighted by molar-refractivity contribution is -0.129. The van der Waals surface area contributed by atoms with Crippen LogP contribution in [-0.4, -0.2) is 44.7 Å². The van der Waals surface area contributed by atoms with Crippen LogP contribution in [-0.2, 0) is 11.3 Å². The normalized spacial score (nSPS) is 10.8. The summed E-state index contributed by atoms with van der Waals surface area (Å²) in [7, 11) is 3.45. The molecule has 0 saturated carbocycles. The van der Waals surface area contributed by atoms with Crippen LogP contribution in [0.5, 0.6) is 0 Å². The Morgan fingerprint density at radius 2 is 2.09 bits per heavy atom. The predicted octanol–water partition coefficient (Wildman–Crippen LogP) is 1.94. The molecule has 0 atom stereocenters. The molecule has 0 fully saturated rings. The Balaban J connectivity index is 2.11. The van der Waals surface area contributed by atoms with Crippen LogP contribution in [0.25, 0.3) is 0 Å². The molecule has 118 valence electrons. The van der Waals surface area contributed by atoms with Gasteiger partial charge in [-0.2, -0.15) is 5.10 Å². The summed E-state index contributed by atoms with van der Waals surface area (Å²) < 4.78 is 1.60. The van der Waals surface area contributed by atoms with Crippen molar-refractivity contribution in [3.8, 4) is 0 Å². The van der Waals surface area contributed by atoms with E-state index in [9.17, 15) is 4.79 Å². The highest BCUT2D eigenvalue weighted by Gasteiger charge is 2.09. The van der Waals surface area contributed by atoms with Crippen molar-refractivity contribution in [1.29, 1.82) is 0 Å². The van der Waals surface area contributed by atoms with Gasteiger partial charge in [0.05, 0.1) is 11.9 Å². The van der Waals surface area contributed by atoms with Crippen LogP contribution >= 0.6 is 0 Å². The van der Waals surface area contributed by atoms with Gasteiger partial charge in [0, 0.05) is 38.0 Å². The Bertz CT molecular complexity index is 662. The summed E-state index contributed by atoms with van der Waals surface area (Å²) in [4.78, 5) is 22.1. The van der Waals surface area contributed by atoms with Crippen molar-refractivity contribution in [2.75, 3.05) is 19.4 Å². The van der Waals surface area contributed by atoms with Crippen LogP contribution in [0.15, 0.2) is 18.5 Å². The smallest absolute Gasteiger partial charge is 0.243 e. The molecule has 0 radical (unpaired) electrons. The van der Waals surface area contributed by atoms with Gasteiger partial charge in [-0.15, -0.1) is 0 Å². The number of aryl methyl sites for hydroxylation is 1. The quantitative estimate of drug-likeness (QED) is 0.913. The molecular formula is C15H22N6O. The fraction of sp³-hybridized carbons (Fsp3) is 0.467. The zero-order chi connectivity index (χ0) is 16.3. The summed E-state index contributed by atoms with van der Waals surface area (Å²) in [6.07, 6.45) is 3.46. The van der Waals surface area contributed by atoms with Crippen molar-refractivity contribution in [3.63, 3.8) is 0 Å². The summed E-state index contributed by atoms with van der Waals surface area (Å²) in [5.74, 6) is 1.79. The van der Waals surface area contributed by atoms with Crippen molar-refractivity contribution in [2.24, 2.45) is 0 Å². The minimum atomic E-state index is -0.00498. The molecule has 0 aliphatic carbocycles. The molecule has 1 N–H and O–H groups in total. The lowest BCUT2D eigenvalue weighted by Gasteiger charge is -2.10. The fourth-order valence-electron chi connectivity index (χ4n) is 1.86. The zero-order valence-electron chi connectivity index (χ0n) is 13.7. The molecule has 2 aromatic rings. The number of nitrogens with one attached hydrogen (secondary N) is 1. The Hall–Kier alpha value is -2.44. The minimum absolute atomic E-state index is 0.00498. The summed E-state index contributed by atoms with van der Waals surface area (Å²) in [5.41, 5.74) is 1.70. The first kappa shape index (κ1) is 15.9. The average molecular weight is 302 g/mol. The highest BCUT2D eigenvalue weighted by molar-refractivity contribution is 5.75. The SMILES string of the molecule is Cc1cc(Nc2cnn(CC(=O)N(C)C)c2)nc(C(C)C)n1. The predicted molar refractivity (Wildman–Crippen MR) is 85.1 cm³/mol. The first-order valence-electron chi connectivity index (χ1n) is 7.20. The molecule has 0 aromatic carbocycles. The topological polar surface area (TPSA) is 75.9 Å². The Morgan fingerprint density at radius 3 is 2.73 bits per heavy atom. The second-order valence-electron chi connectivity index (χ2n) is 5.75. The number of nitrogens with zero attached hydrogens (tertiary/aromatic N) is 5. The highest BCUT2D eigenvalue weighted by atomic mass is 16.2. The molecule has 0 aliphatic rings. The monoisotopic (exact) mass is 302 g/mol. The van der Waals surface area contributed by atoms with E-state index in [-0.39, 0.29) is 18.4 Å². The standard InChI is InChI=1S/C15H22N6O/c1-10(2)15-17-11(3)6-13(19-15)18-12-7-16-21(8-12)9-14(22)20(4)5/h6-8,10H,9H2,1-5H3,(H,17,18,19). The lowest BCUT2D eigenvalue weighted by Crippen LogP contribution is -2.26. The second-order valence-corrected chi connectivity index (χ2v) is 5.75. The number of aromatic nitrogens is 4. The molecule has 0 bridgehead atoms. The molecule has 7 nitrogen and oxygen atoms in total. The number of carbonyl (C=O) groups is 1. The van der Waals surface area contributed by atoms with E-state index >= 15 is 0 Å². The molecule has 22 heavy (non-hydrogen) atoms. The number of likely N-dealkylation sites (N-methyl/N-ethyl adjacent to an activating group) is 1. The molecule has 0 unspecified atom stereocenters. The first-order chi connectivity index (χ1) is 10.3. The Kier molecular flexibility index (Phi) is 4.75. The van der Waals surface area contributed by atoms with Gasteiger partial charge in [-0.3, -0.25) is 9.48 Å². The number of rotatable bonds is 5. The van der Waals surface area contributed by atoms with Gasteiger partial charge in [0.1, 0.15) is 18.2 Å². The maximum atomic E-state index is 11.7.